The Morgan fingerprint density at radius 3 is 2.41 bits per heavy atom. The molecular weight excluding hydrogens is 358 g/mol. The predicted molar refractivity (Wildman–Crippen MR) is 112 cm³/mol. The van der Waals surface area contributed by atoms with Gasteiger partial charge in [-0.3, -0.25) is 4.79 Å². The van der Waals surface area contributed by atoms with Crippen LogP contribution in [0.5, 0.6) is 5.75 Å². The first-order valence-corrected chi connectivity index (χ1v) is 9.28. The van der Waals surface area contributed by atoms with Gasteiger partial charge in [0.1, 0.15) is 5.75 Å². The van der Waals surface area contributed by atoms with E-state index < -0.39 is 0 Å². The summed E-state index contributed by atoms with van der Waals surface area (Å²) in [6.07, 6.45) is 0. The lowest BCUT2D eigenvalue weighted by molar-refractivity contribution is -0.113. The number of thiocarbonyl (C=S) groups is 1. The van der Waals surface area contributed by atoms with E-state index in [0.29, 0.717) is 17.3 Å². The smallest absolute Gasteiger partial charge is 0.255 e. The molecule has 0 unspecified atom stereocenters. The molecule has 27 heavy (non-hydrogen) atoms. The lowest BCUT2D eigenvalue weighted by Gasteiger charge is -2.30. The Kier molecular flexibility index (Phi) is 5.76. The van der Waals surface area contributed by atoms with E-state index in [4.69, 9.17) is 17.0 Å². The zero-order chi connectivity index (χ0) is 19.4. The van der Waals surface area contributed by atoms with Gasteiger partial charge in [0.15, 0.2) is 5.11 Å². The minimum atomic E-state index is -0.333. The lowest BCUT2D eigenvalue weighted by Crippen LogP contribution is -2.45. The molecule has 3 rings (SSSR count). The van der Waals surface area contributed by atoms with Crippen LogP contribution in [0.25, 0.3) is 0 Å². The van der Waals surface area contributed by atoms with E-state index in [9.17, 15) is 4.79 Å². The minimum absolute atomic E-state index is 0.169. The van der Waals surface area contributed by atoms with E-state index >= 15 is 0 Å². The van der Waals surface area contributed by atoms with Gasteiger partial charge in [-0.1, -0.05) is 29.8 Å². The van der Waals surface area contributed by atoms with E-state index in [-0.39, 0.29) is 11.9 Å². The molecule has 140 valence electrons. The number of carbonyl (C=O) groups is 1. The van der Waals surface area contributed by atoms with Gasteiger partial charge in [-0.2, -0.15) is 0 Å². The predicted octanol–water partition coefficient (Wildman–Crippen LogP) is 3.83. The van der Waals surface area contributed by atoms with Crippen molar-refractivity contribution in [2.45, 2.75) is 26.8 Å². The Morgan fingerprint density at radius 1 is 1.11 bits per heavy atom. The third-order valence-electron chi connectivity index (χ3n) is 4.35. The molecule has 0 bridgehead atoms. The van der Waals surface area contributed by atoms with Gasteiger partial charge < -0.3 is 20.7 Å². The van der Waals surface area contributed by atoms with Crippen LogP contribution in [0.1, 0.15) is 31.0 Å². The molecule has 1 amide bonds. The van der Waals surface area contributed by atoms with Crippen molar-refractivity contribution in [2.24, 2.45) is 0 Å². The molecule has 6 heteroatoms. The van der Waals surface area contributed by atoms with Gasteiger partial charge in [-0.15, -0.1) is 0 Å². The third kappa shape index (κ3) is 4.46. The van der Waals surface area contributed by atoms with Crippen LogP contribution in [0.2, 0.25) is 0 Å². The van der Waals surface area contributed by atoms with Crippen molar-refractivity contribution < 1.29 is 9.53 Å². The first-order valence-electron chi connectivity index (χ1n) is 8.87. The number of benzene rings is 2. The van der Waals surface area contributed by atoms with E-state index in [1.165, 1.54) is 0 Å². The van der Waals surface area contributed by atoms with Crippen LogP contribution in [0.3, 0.4) is 0 Å². The molecule has 0 aliphatic carbocycles. The second-order valence-electron chi connectivity index (χ2n) is 6.39. The molecule has 1 heterocycles. The number of hydrogen-bond acceptors (Lipinski definition) is 3. The zero-order valence-corrected chi connectivity index (χ0v) is 16.4. The monoisotopic (exact) mass is 381 g/mol. The van der Waals surface area contributed by atoms with E-state index in [1.807, 2.05) is 69.3 Å². The Balaban J connectivity index is 1.89. The summed E-state index contributed by atoms with van der Waals surface area (Å²) in [5.41, 5.74) is 4.18. The van der Waals surface area contributed by atoms with Gasteiger partial charge in [-0.25, -0.2) is 0 Å². The maximum Gasteiger partial charge on any atom is 0.255 e. The Bertz CT molecular complexity index is 873. The van der Waals surface area contributed by atoms with Crippen LogP contribution >= 0.6 is 12.2 Å². The number of anilines is 1. The fourth-order valence-electron chi connectivity index (χ4n) is 3.00. The van der Waals surface area contributed by atoms with E-state index in [2.05, 4.69) is 16.0 Å². The summed E-state index contributed by atoms with van der Waals surface area (Å²) in [6, 6.07) is 15.1. The molecule has 2 aromatic carbocycles. The first kappa shape index (κ1) is 18.9. The second-order valence-corrected chi connectivity index (χ2v) is 6.80. The standard InChI is InChI=1S/C21H23N3O2S/c1-4-26-17-11-7-15(8-12-17)19-18(14(3)22-21(27)24-19)20(25)23-16-9-5-13(2)6-10-16/h5-12,19H,4H2,1-3H3,(H,23,25)(H2,22,24,27)/t19-/m0/s1. The number of carbonyl (C=O) groups excluding carboxylic acids is 1. The highest BCUT2D eigenvalue weighted by Gasteiger charge is 2.29. The molecule has 2 aromatic rings. The SMILES string of the molecule is CCOc1ccc([C@@H]2NC(=S)NC(C)=C2C(=O)Nc2ccc(C)cc2)cc1. The fourth-order valence-corrected chi connectivity index (χ4v) is 3.27. The highest BCUT2D eigenvalue weighted by atomic mass is 32.1. The van der Waals surface area contributed by atoms with Gasteiger partial charge in [0.05, 0.1) is 18.2 Å². The van der Waals surface area contributed by atoms with Crippen LogP contribution in [0.15, 0.2) is 59.8 Å². The van der Waals surface area contributed by atoms with Crippen molar-refractivity contribution in [1.82, 2.24) is 10.6 Å². The quantitative estimate of drug-likeness (QED) is 0.687. The van der Waals surface area contributed by atoms with E-state index in [1.54, 1.807) is 0 Å². The first-order chi connectivity index (χ1) is 13.0. The summed E-state index contributed by atoms with van der Waals surface area (Å²) in [5.74, 6) is 0.627. The summed E-state index contributed by atoms with van der Waals surface area (Å²) >= 11 is 5.30. The number of allylic oxidation sites excluding steroid dienone is 1. The summed E-state index contributed by atoms with van der Waals surface area (Å²) in [6.45, 7) is 6.42. The maximum atomic E-state index is 13.0. The lowest BCUT2D eigenvalue weighted by atomic mass is 9.95. The van der Waals surface area contributed by atoms with E-state index in [0.717, 1.165) is 28.3 Å². The average Bonchev–Trinajstić information content (AvgIpc) is 2.64. The molecule has 0 fully saturated rings. The molecule has 1 aliphatic heterocycles. The van der Waals surface area contributed by atoms with Crippen LogP contribution in [0, 0.1) is 6.92 Å². The Morgan fingerprint density at radius 2 is 1.78 bits per heavy atom. The van der Waals surface area contributed by atoms with Crippen molar-refractivity contribution in [3.8, 4) is 5.75 Å². The van der Waals surface area contributed by atoms with Crippen molar-refractivity contribution in [2.75, 3.05) is 11.9 Å². The fraction of sp³-hybridized carbons (Fsp3) is 0.238. The van der Waals surface area contributed by atoms with Gasteiger partial charge in [-0.05, 0) is 62.8 Å². The Hall–Kier alpha value is -2.86. The van der Waals surface area contributed by atoms with Crippen LogP contribution in [0.4, 0.5) is 5.69 Å². The zero-order valence-electron chi connectivity index (χ0n) is 15.6. The number of nitrogens with one attached hydrogen (secondary N) is 3. The van der Waals surface area contributed by atoms with Gasteiger partial charge in [0.25, 0.3) is 5.91 Å². The summed E-state index contributed by atoms with van der Waals surface area (Å²) < 4.78 is 5.50. The molecule has 0 aromatic heterocycles. The molecule has 0 saturated heterocycles. The average molecular weight is 382 g/mol. The Labute approximate surface area is 164 Å². The van der Waals surface area contributed by atoms with Crippen LogP contribution in [-0.4, -0.2) is 17.6 Å². The molecule has 0 spiro atoms. The summed E-state index contributed by atoms with van der Waals surface area (Å²) in [5, 5.41) is 9.72. The molecule has 0 radical (unpaired) electrons. The second kappa shape index (κ2) is 8.22. The summed E-state index contributed by atoms with van der Waals surface area (Å²) in [4.78, 5) is 13.0. The van der Waals surface area contributed by atoms with Gasteiger partial charge in [0, 0.05) is 11.4 Å². The molecule has 3 N–H and O–H groups in total. The topological polar surface area (TPSA) is 62.4 Å². The summed E-state index contributed by atoms with van der Waals surface area (Å²) in [7, 11) is 0. The van der Waals surface area contributed by atoms with Crippen molar-refractivity contribution in [3.63, 3.8) is 0 Å². The van der Waals surface area contributed by atoms with Gasteiger partial charge >= 0.3 is 0 Å². The largest absolute Gasteiger partial charge is 0.494 e. The normalized spacial score (nSPS) is 16.4. The number of hydrogen-bond donors (Lipinski definition) is 3. The minimum Gasteiger partial charge on any atom is -0.494 e. The number of rotatable bonds is 5. The third-order valence-corrected chi connectivity index (χ3v) is 4.57. The van der Waals surface area contributed by atoms with Crippen molar-refractivity contribution in [1.29, 1.82) is 0 Å². The highest BCUT2D eigenvalue weighted by molar-refractivity contribution is 7.80. The molecular formula is C21H23N3O2S. The van der Waals surface area contributed by atoms with Crippen LogP contribution < -0.4 is 20.7 Å². The van der Waals surface area contributed by atoms with Crippen molar-refractivity contribution >= 4 is 28.9 Å². The number of amides is 1. The number of aryl methyl sites for hydroxylation is 1. The number of ether oxygens (including phenoxy) is 1. The van der Waals surface area contributed by atoms with Crippen LogP contribution in [-0.2, 0) is 4.79 Å². The van der Waals surface area contributed by atoms with Gasteiger partial charge in [0.2, 0.25) is 0 Å². The maximum absolute atomic E-state index is 13.0. The molecule has 1 aliphatic rings. The highest BCUT2D eigenvalue weighted by Crippen LogP contribution is 2.29. The molecule has 5 nitrogen and oxygen atoms in total. The molecule has 1 atom stereocenters. The molecule has 0 saturated carbocycles. The van der Waals surface area contributed by atoms with Crippen molar-refractivity contribution in [3.05, 3.63) is 70.9 Å².